The number of allylic oxidation sites excluding steroid dienone is 4. The molecular formula is C104H80N2. The predicted octanol–water partition coefficient (Wildman–Crippen LogP) is 24.5. The van der Waals surface area contributed by atoms with E-state index in [4.69, 9.17) is 0 Å². The second-order valence-electron chi connectivity index (χ2n) is 30.5. The summed E-state index contributed by atoms with van der Waals surface area (Å²) in [5.41, 5.74) is 36.2. The first-order valence-corrected chi connectivity index (χ1v) is 37.9. The SMILES string of the molecule is C=Cc1ccc(CC2(c3ccc(C)cc3)C3=C(CCC=C3)c3ccc(N(C4=c5ccccc5=C[C@H](C)C4)c4ccc5c(c4)C4(c6ccccc6-5)c5ccccc5-c5ccc(N(c6ccc7c(c6)C(Cc6ccc(C=C)cc6)(c6ccc(C)cc6)c6ccccc6-7)c6cccc7ccccc67)cc54)cc32)cc1. The molecule has 0 radical (unpaired) electrons. The zero-order valence-corrected chi connectivity index (χ0v) is 60.3. The average Bonchev–Trinajstić information content (AvgIpc) is 1.51. The Morgan fingerprint density at radius 3 is 1.47 bits per heavy atom. The van der Waals surface area contributed by atoms with Gasteiger partial charge in [-0.3, -0.25) is 0 Å². The molecule has 20 rings (SSSR count). The van der Waals surface area contributed by atoms with Crippen LogP contribution in [0.15, 0.2) is 340 Å². The maximum atomic E-state index is 4.14. The Bertz CT molecular complexity index is 6180. The number of hydrogen-bond acceptors (Lipinski definition) is 2. The lowest BCUT2D eigenvalue weighted by Crippen LogP contribution is -2.37. The summed E-state index contributed by atoms with van der Waals surface area (Å²) >= 11 is 0. The molecule has 0 heterocycles. The third-order valence-electron chi connectivity index (χ3n) is 24.6. The number of fused-ring (bicyclic) bond motifs is 17. The summed E-state index contributed by atoms with van der Waals surface area (Å²) in [6.45, 7) is 15.1. The van der Waals surface area contributed by atoms with E-state index >= 15 is 0 Å². The molecule has 3 unspecified atom stereocenters. The first-order chi connectivity index (χ1) is 52.1. The second-order valence-corrected chi connectivity index (χ2v) is 30.5. The van der Waals surface area contributed by atoms with Crippen LogP contribution in [0.5, 0.6) is 0 Å². The van der Waals surface area contributed by atoms with Crippen LogP contribution in [0.4, 0.5) is 28.4 Å². The van der Waals surface area contributed by atoms with E-state index in [1.54, 1.807) is 0 Å². The first kappa shape index (κ1) is 63.3. The van der Waals surface area contributed by atoms with Crippen LogP contribution in [-0.4, -0.2) is 0 Å². The van der Waals surface area contributed by atoms with Gasteiger partial charge in [-0.25, -0.2) is 0 Å². The highest BCUT2D eigenvalue weighted by Crippen LogP contribution is 2.65. The Hall–Kier alpha value is -12.4. The number of anilines is 5. The summed E-state index contributed by atoms with van der Waals surface area (Å²) in [6.07, 6.45) is 15.8. The van der Waals surface area contributed by atoms with Gasteiger partial charge < -0.3 is 9.80 Å². The molecule has 106 heavy (non-hydrogen) atoms. The molecule has 0 saturated heterocycles. The molecule has 1 spiro atoms. The van der Waals surface area contributed by atoms with Crippen LogP contribution < -0.4 is 20.2 Å². The minimum Gasteiger partial charge on any atom is -0.314 e. The van der Waals surface area contributed by atoms with Gasteiger partial charge in [-0.15, -0.1) is 0 Å². The van der Waals surface area contributed by atoms with E-state index in [0.29, 0.717) is 5.92 Å². The number of nitrogens with zero attached hydrogens (tertiary/aromatic N) is 2. The molecule has 2 nitrogen and oxygen atoms in total. The van der Waals surface area contributed by atoms with Crippen molar-refractivity contribution in [2.75, 3.05) is 9.80 Å². The van der Waals surface area contributed by atoms with E-state index in [-0.39, 0.29) is 0 Å². The van der Waals surface area contributed by atoms with Gasteiger partial charge in [0, 0.05) is 39.1 Å². The molecule has 0 N–H and O–H groups in total. The maximum Gasteiger partial charge on any atom is 0.0727 e. The van der Waals surface area contributed by atoms with Gasteiger partial charge in [0.15, 0.2) is 0 Å². The van der Waals surface area contributed by atoms with Gasteiger partial charge in [0.1, 0.15) is 0 Å². The number of hydrogen-bond donors (Lipinski definition) is 0. The fourth-order valence-corrected chi connectivity index (χ4v) is 19.9. The molecule has 14 aromatic carbocycles. The maximum absolute atomic E-state index is 4.14. The highest BCUT2D eigenvalue weighted by atomic mass is 15.2. The van der Waals surface area contributed by atoms with Gasteiger partial charge in [0.25, 0.3) is 0 Å². The van der Waals surface area contributed by atoms with Crippen LogP contribution >= 0.6 is 0 Å². The van der Waals surface area contributed by atoms with Crippen molar-refractivity contribution < 1.29 is 0 Å². The molecular weight excluding hydrogens is 1280 g/mol. The lowest BCUT2D eigenvalue weighted by atomic mass is 9.67. The average molecular weight is 1360 g/mol. The standard InChI is InChI=1S/C104H80N2/c1-6-70-39-43-72(44-40-70)65-102(76-47-35-67(3)36-48-76)92-30-16-12-26-84(92)88-55-51-78(61-96(88)102)105(100-34-20-23-74-21-8-10-24-82(74)100)80-53-57-90-86-28-14-18-32-94(86)104(98(90)63-80)95-33-19-15-29-87(95)91-58-54-81(64-99(91)104)106(101-60-69(5)59-75-22-9-11-25-83(75)101)79-52-56-89-85-27-13-17-31-93(85)103(97(89)62-79,77-49-37-68(4)38-50-77)66-73-45-41-71(7-2)42-46-73/h6-12,14-26,28-59,61-64,69H,1-2,13,27,60,65-66H2,3-5H3/t69-,102?,103?,104?/m0/s1. The summed E-state index contributed by atoms with van der Waals surface area (Å²) in [5.74, 6) is 0.294. The van der Waals surface area contributed by atoms with Crippen molar-refractivity contribution in [3.63, 3.8) is 0 Å². The normalized spacial score (nSPS) is 18.6. The van der Waals surface area contributed by atoms with Crippen LogP contribution in [0.1, 0.15) is 115 Å². The minimum absolute atomic E-state index is 0.294. The summed E-state index contributed by atoms with van der Waals surface area (Å²) in [6, 6.07) is 120. The lowest BCUT2D eigenvalue weighted by Gasteiger charge is -2.37. The van der Waals surface area contributed by atoms with Crippen molar-refractivity contribution >= 4 is 68.7 Å². The fraction of sp³-hybridized carbons (Fsp3) is 0.115. The Morgan fingerprint density at radius 2 is 0.868 bits per heavy atom. The molecule has 0 fully saturated rings. The number of benzene rings is 14. The Kier molecular flexibility index (Phi) is 14.7. The zero-order chi connectivity index (χ0) is 71.0. The largest absolute Gasteiger partial charge is 0.314 e. The quantitative estimate of drug-likeness (QED) is 0.107. The van der Waals surface area contributed by atoms with Crippen LogP contribution in [0, 0.1) is 19.8 Å². The predicted molar refractivity (Wildman–Crippen MR) is 445 cm³/mol. The second kappa shape index (κ2) is 24.7. The topological polar surface area (TPSA) is 6.48 Å². The summed E-state index contributed by atoms with van der Waals surface area (Å²) in [5, 5.41) is 4.93. The molecule has 0 bridgehead atoms. The summed E-state index contributed by atoms with van der Waals surface area (Å²) < 4.78 is 0. The lowest BCUT2D eigenvalue weighted by molar-refractivity contribution is 0.621. The van der Waals surface area contributed by atoms with Crippen LogP contribution in [0.2, 0.25) is 0 Å². The summed E-state index contributed by atoms with van der Waals surface area (Å²) in [7, 11) is 0. The van der Waals surface area contributed by atoms with Gasteiger partial charge >= 0.3 is 0 Å². The Labute approximate surface area is 622 Å². The molecule has 0 aromatic heterocycles. The Morgan fingerprint density at radius 1 is 0.406 bits per heavy atom. The van der Waals surface area contributed by atoms with Crippen molar-refractivity contribution in [2.45, 2.75) is 69.1 Å². The molecule has 2 heteroatoms. The monoisotopic (exact) mass is 1360 g/mol. The number of rotatable bonds is 14. The fourth-order valence-electron chi connectivity index (χ4n) is 19.9. The van der Waals surface area contributed by atoms with Crippen molar-refractivity contribution in [2.24, 2.45) is 5.92 Å². The molecule has 0 aliphatic heterocycles. The van der Waals surface area contributed by atoms with Crippen LogP contribution in [0.25, 0.3) is 73.7 Å². The van der Waals surface area contributed by atoms with E-state index in [9.17, 15) is 0 Å². The van der Waals surface area contributed by atoms with Gasteiger partial charge in [0.2, 0.25) is 0 Å². The third kappa shape index (κ3) is 9.49. The van der Waals surface area contributed by atoms with E-state index in [1.165, 1.54) is 155 Å². The van der Waals surface area contributed by atoms with E-state index < -0.39 is 16.2 Å². The van der Waals surface area contributed by atoms with E-state index in [2.05, 4.69) is 371 Å². The summed E-state index contributed by atoms with van der Waals surface area (Å²) in [4.78, 5) is 5.27. The first-order valence-electron chi connectivity index (χ1n) is 37.9. The minimum atomic E-state index is -0.716. The van der Waals surface area contributed by atoms with Crippen molar-refractivity contribution in [3.8, 4) is 33.4 Å². The van der Waals surface area contributed by atoms with Gasteiger partial charge in [-0.05, 0) is 239 Å². The zero-order valence-electron chi connectivity index (χ0n) is 60.3. The van der Waals surface area contributed by atoms with Crippen LogP contribution in [-0.2, 0) is 29.1 Å². The van der Waals surface area contributed by atoms with Gasteiger partial charge in [-0.1, -0.05) is 316 Å². The van der Waals surface area contributed by atoms with E-state index in [0.717, 1.165) is 66.0 Å². The third-order valence-corrected chi connectivity index (χ3v) is 24.6. The molecule has 6 aliphatic carbocycles. The van der Waals surface area contributed by atoms with Crippen LogP contribution in [0.3, 0.4) is 0 Å². The molecule has 6 aliphatic rings. The van der Waals surface area contributed by atoms with Gasteiger partial charge in [-0.2, -0.15) is 0 Å². The molecule has 506 valence electrons. The van der Waals surface area contributed by atoms with Crippen molar-refractivity contribution in [1.29, 1.82) is 0 Å². The molecule has 0 amide bonds. The Balaban J connectivity index is 0.817. The molecule has 4 atom stereocenters. The van der Waals surface area contributed by atoms with Gasteiger partial charge in [0.05, 0.1) is 21.9 Å². The number of aryl methyl sites for hydroxylation is 2. The molecule has 0 saturated carbocycles. The van der Waals surface area contributed by atoms with Crippen molar-refractivity contribution in [1.82, 2.24) is 0 Å². The van der Waals surface area contributed by atoms with E-state index in [1.807, 2.05) is 12.2 Å². The smallest absolute Gasteiger partial charge is 0.0727 e. The molecule has 14 aromatic rings. The highest BCUT2D eigenvalue weighted by Gasteiger charge is 2.53. The van der Waals surface area contributed by atoms with Crippen molar-refractivity contribution in [3.05, 3.63) is 440 Å². The highest BCUT2D eigenvalue weighted by molar-refractivity contribution is 6.02.